The van der Waals surface area contributed by atoms with E-state index in [1.807, 2.05) is 0 Å². The van der Waals surface area contributed by atoms with E-state index in [1.54, 1.807) is 11.3 Å². The van der Waals surface area contributed by atoms with Crippen molar-refractivity contribution >= 4 is 23.2 Å². The van der Waals surface area contributed by atoms with E-state index in [1.165, 1.54) is 0 Å². The molecule has 0 saturated heterocycles. The minimum absolute atomic E-state index is 0.0204. The van der Waals surface area contributed by atoms with E-state index >= 15 is 0 Å². The Kier molecular flexibility index (Phi) is 6.81. The summed E-state index contributed by atoms with van der Waals surface area (Å²) in [6.07, 6.45) is 2.41. The Bertz CT molecular complexity index is 478. The molecular formula is C15H24N2O3S. The van der Waals surface area contributed by atoms with Crippen LogP contribution in [0.5, 0.6) is 0 Å². The van der Waals surface area contributed by atoms with Gasteiger partial charge in [0.25, 0.3) is 0 Å². The van der Waals surface area contributed by atoms with Crippen LogP contribution in [0.4, 0.5) is 0 Å². The normalized spacial score (nSPS) is 11.4. The monoisotopic (exact) mass is 312 g/mol. The van der Waals surface area contributed by atoms with Crippen LogP contribution in [-0.2, 0) is 21.4 Å². The molecule has 0 bridgehead atoms. The summed E-state index contributed by atoms with van der Waals surface area (Å²) in [5.74, 6) is -0.832. The molecular weight excluding hydrogens is 288 g/mol. The van der Waals surface area contributed by atoms with E-state index in [0.717, 1.165) is 17.1 Å². The molecule has 0 fully saturated rings. The van der Waals surface area contributed by atoms with Crippen LogP contribution in [0.3, 0.4) is 0 Å². The minimum atomic E-state index is -0.811. The number of unbranched alkanes of at least 4 members (excludes halogenated alkanes) is 1. The average Bonchev–Trinajstić information content (AvgIpc) is 2.83. The van der Waals surface area contributed by atoms with Gasteiger partial charge in [-0.2, -0.15) is 0 Å². The summed E-state index contributed by atoms with van der Waals surface area (Å²) in [6.45, 7) is 6.97. The van der Waals surface area contributed by atoms with Gasteiger partial charge in [-0.15, -0.1) is 11.3 Å². The Morgan fingerprint density at radius 2 is 1.95 bits per heavy atom. The van der Waals surface area contributed by atoms with Crippen LogP contribution >= 0.6 is 11.3 Å². The highest BCUT2D eigenvalue weighted by Crippen LogP contribution is 2.23. The molecule has 5 nitrogen and oxygen atoms in total. The summed E-state index contributed by atoms with van der Waals surface area (Å²) in [7, 11) is 0. The lowest BCUT2D eigenvalue weighted by atomic mass is 9.93. The molecule has 1 aromatic rings. The number of nitrogens with zero attached hydrogens (tertiary/aromatic N) is 1. The number of hydrogen-bond donors (Lipinski definition) is 2. The number of aliphatic carboxylic acids is 1. The van der Waals surface area contributed by atoms with E-state index in [4.69, 9.17) is 5.11 Å². The van der Waals surface area contributed by atoms with E-state index in [2.05, 4.69) is 36.5 Å². The van der Waals surface area contributed by atoms with E-state index in [0.29, 0.717) is 25.8 Å². The molecule has 0 atom stereocenters. The maximum absolute atomic E-state index is 11.6. The van der Waals surface area contributed by atoms with Crippen molar-refractivity contribution in [2.45, 2.75) is 58.3 Å². The second-order valence-corrected chi connectivity index (χ2v) is 7.02. The molecule has 0 radical (unpaired) electrons. The number of rotatable bonds is 8. The second kappa shape index (κ2) is 8.12. The molecule has 0 aromatic carbocycles. The molecule has 118 valence electrons. The zero-order valence-electron chi connectivity index (χ0n) is 12.9. The molecule has 1 amide bonds. The fraction of sp³-hybridized carbons (Fsp3) is 0.667. The number of carboxylic acids is 1. The topological polar surface area (TPSA) is 79.3 Å². The lowest BCUT2D eigenvalue weighted by Crippen LogP contribution is -2.25. The lowest BCUT2D eigenvalue weighted by Gasteiger charge is -2.14. The largest absolute Gasteiger partial charge is 0.481 e. The Labute approximate surface area is 129 Å². The predicted octanol–water partition coefficient (Wildman–Crippen LogP) is 2.74. The standard InChI is InChI=1S/C15H24N2O3S/c1-15(2,3)11-10-21-13(17-11)8-9-16-12(18)6-4-5-7-14(19)20/h10H,4-9H2,1-3H3,(H,16,18)(H,19,20). The van der Waals surface area contributed by atoms with Gasteiger partial charge in [-0.1, -0.05) is 20.8 Å². The third-order valence-corrected chi connectivity index (χ3v) is 3.93. The van der Waals surface area contributed by atoms with Gasteiger partial charge in [-0.3, -0.25) is 9.59 Å². The van der Waals surface area contributed by atoms with Gasteiger partial charge >= 0.3 is 5.97 Å². The second-order valence-electron chi connectivity index (χ2n) is 6.08. The number of carbonyl (C=O) groups excluding carboxylic acids is 1. The molecule has 0 unspecified atom stereocenters. The molecule has 1 heterocycles. The van der Waals surface area contributed by atoms with Crippen molar-refractivity contribution in [2.24, 2.45) is 0 Å². The molecule has 0 aliphatic rings. The Morgan fingerprint density at radius 3 is 2.52 bits per heavy atom. The first kappa shape index (κ1) is 17.6. The fourth-order valence-corrected chi connectivity index (χ4v) is 2.75. The predicted molar refractivity (Wildman–Crippen MR) is 83.6 cm³/mol. The van der Waals surface area contributed by atoms with Crippen molar-refractivity contribution in [3.05, 3.63) is 16.1 Å². The first-order chi connectivity index (χ1) is 9.79. The molecule has 0 spiro atoms. The number of carboxylic acid groups (broad SMARTS) is 1. The van der Waals surface area contributed by atoms with Crippen LogP contribution in [0.15, 0.2) is 5.38 Å². The van der Waals surface area contributed by atoms with Gasteiger partial charge < -0.3 is 10.4 Å². The van der Waals surface area contributed by atoms with Crippen LogP contribution in [0.25, 0.3) is 0 Å². The molecule has 2 N–H and O–H groups in total. The first-order valence-corrected chi connectivity index (χ1v) is 8.10. The highest BCUT2D eigenvalue weighted by Gasteiger charge is 2.17. The van der Waals surface area contributed by atoms with Gasteiger partial charge in [0.1, 0.15) is 0 Å². The van der Waals surface area contributed by atoms with Gasteiger partial charge in [0.05, 0.1) is 10.7 Å². The number of thiazole rings is 1. The SMILES string of the molecule is CC(C)(C)c1csc(CCNC(=O)CCCCC(=O)O)n1. The van der Waals surface area contributed by atoms with Gasteiger partial charge in [0, 0.05) is 36.6 Å². The van der Waals surface area contributed by atoms with Crippen LogP contribution in [0, 0.1) is 0 Å². The summed E-state index contributed by atoms with van der Waals surface area (Å²) in [5, 5.41) is 14.5. The molecule has 6 heteroatoms. The van der Waals surface area contributed by atoms with Crippen molar-refractivity contribution in [1.29, 1.82) is 0 Å². The molecule has 0 aliphatic heterocycles. The van der Waals surface area contributed by atoms with E-state index in [-0.39, 0.29) is 17.7 Å². The van der Waals surface area contributed by atoms with Crippen LogP contribution < -0.4 is 5.32 Å². The zero-order chi connectivity index (χ0) is 15.9. The molecule has 0 saturated carbocycles. The van der Waals surface area contributed by atoms with Gasteiger partial charge in [-0.05, 0) is 12.8 Å². The number of nitrogens with one attached hydrogen (secondary N) is 1. The first-order valence-electron chi connectivity index (χ1n) is 7.22. The third kappa shape index (κ3) is 7.22. The third-order valence-electron chi connectivity index (χ3n) is 3.03. The lowest BCUT2D eigenvalue weighted by molar-refractivity contribution is -0.137. The van der Waals surface area contributed by atoms with Crippen molar-refractivity contribution < 1.29 is 14.7 Å². The molecule has 0 aliphatic carbocycles. The van der Waals surface area contributed by atoms with Crippen molar-refractivity contribution in [3.63, 3.8) is 0 Å². The van der Waals surface area contributed by atoms with Gasteiger partial charge in [0.15, 0.2) is 0 Å². The Hall–Kier alpha value is -1.43. The number of hydrogen-bond acceptors (Lipinski definition) is 4. The summed E-state index contributed by atoms with van der Waals surface area (Å²) < 4.78 is 0. The van der Waals surface area contributed by atoms with Gasteiger partial charge in [-0.25, -0.2) is 4.98 Å². The van der Waals surface area contributed by atoms with E-state index < -0.39 is 5.97 Å². The van der Waals surface area contributed by atoms with Crippen molar-refractivity contribution in [1.82, 2.24) is 10.3 Å². The Balaban J connectivity index is 2.20. The number of carbonyl (C=O) groups is 2. The minimum Gasteiger partial charge on any atom is -0.481 e. The summed E-state index contributed by atoms with van der Waals surface area (Å²) in [6, 6.07) is 0. The highest BCUT2D eigenvalue weighted by atomic mass is 32.1. The summed E-state index contributed by atoms with van der Waals surface area (Å²) in [5.41, 5.74) is 1.14. The Morgan fingerprint density at radius 1 is 1.29 bits per heavy atom. The van der Waals surface area contributed by atoms with Crippen LogP contribution in [0.1, 0.15) is 57.2 Å². The van der Waals surface area contributed by atoms with Crippen molar-refractivity contribution in [3.8, 4) is 0 Å². The zero-order valence-corrected chi connectivity index (χ0v) is 13.8. The number of aromatic nitrogens is 1. The summed E-state index contributed by atoms with van der Waals surface area (Å²) >= 11 is 1.63. The summed E-state index contributed by atoms with van der Waals surface area (Å²) in [4.78, 5) is 26.5. The van der Waals surface area contributed by atoms with Gasteiger partial charge in [0.2, 0.25) is 5.91 Å². The maximum atomic E-state index is 11.6. The molecule has 1 rings (SSSR count). The molecule has 1 aromatic heterocycles. The fourth-order valence-electron chi connectivity index (χ4n) is 1.73. The van der Waals surface area contributed by atoms with E-state index in [9.17, 15) is 9.59 Å². The average molecular weight is 312 g/mol. The van der Waals surface area contributed by atoms with Crippen molar-refractivity contribution in [2.75, 3.05) is 6.54 Å². The molecule has 21 heavy (non-hydrogen) atoms. The number of amides is 1. The highest BCUT2D eigenvalue weighted by molar-refractivity contribution is 7.09. The van der Waals surface area contributed by atoms with Crippen LogP contribution in [0.2, 0.25) is 0 Å². The van der Waals surface area contributed by atoms with Crippen LogP contribution in [-0.4, -0.2) is 28.5 Å². The maximum Gasteiger partial charge on any atom is 0.303 e. The smallest absolute Gasteiger partial charge is 0.303 e. The quantitative estimate of drug-likeness (QED) is 0.723.